The highest BCUT2D eigenvalue weighted by molar-refractivity contribution is 6.93. The number of aromatic nitrogens is 1. The number of nitrogens with zero attached hydrogens (tertiary/aromatic N) is 3. The summed E-state index contributed by atoms with van der Waals surface area (Å²) in [6.07, 6.45) is 6.79. The molecule has 0 aliphatic heterocycles. The minimum absolute atomic E-state index is 0.684. The van der Waals surface area contributed by atoms with Gasteiger partial charge in [-0.2, -0.15) is 12.6 Å². The molecule has 0 spiro atoms. The zero-order valence-corrected chi connectivity index (χ0v) is 12.3. The molecule has 0 amide bonds. The van der Waals surface area contributed by atoms with Crippen LogP contribution in [0.2, 0.25) is 12.6 Å². The van der Waals surface area contributed by atoms with E-state index in [1.54, 1.807) is 0 Å². The Balaban J connectivity index is 0.000000344. The summed E-state index contributed by atoms with van der Waals surface area (Å²) in [5.74, 6) is 4.13. The first-order valence-electron chi connectivity index (χ1n) is 7.13. The van der Waals surface area contributed by atoms with Crippen LogP contribution in [0.1, 0.15) is 33.6 Å². The Labute approximate surface area is 117 Å². The zero-order valence-electron chi connectivity index (χ0n) is 12.3. The predicted molar refractivity (Wildman–Crippen MR) is 79.5 cm³/mol. The molecule has 102 valence electrons. The van der Waals surface area contributed by atoms with Gasteiger partial charge in [0.25, 0.3) is 0 Å². The van der Waals surface area contributed by atoms with Crippen LogP contribution in [0.25, 0.3) is 0 Å². The summed E-state index contributed by atoms with van der Waals surface area (Å²) in [5, 5.41) is 17.1. The Morgan fingerprint density at radius 3 is 1.79 bits per heavy atom. The number of rotatable bonds is 5. The first kappa shape index (κ1) is 17.2. The molecular weight excluding hydrogens is 233 g/mol. The van der Waals surface area contributed by atoms with Crippen molar-refractivity contribution < 1.29 is 4.57 Å². The summed E-state index contributed by atoms with van der Waals surface area (Å²) in [6, 6.07) is 6.17. The van der Waals surface area contributed by atoms with E-state index < -0.39 is 6.15 Å². The van der Waals surface area contributed by atoms with Gasteiger partial charge in [-0.05, 0) is 0 Å². The second-order valence-electron chi connectivity index (χ2n) is 4.79. The number of hydrogen-bond donors (Lipinski definition) is 0. The lowest BCUT2D eigenvalue weighted by Crippen LogP contribution is -2.31. The summed E-state index contributed by atoms with van der Waals surface area (Å²) in [4.78, 5) is 0. The van der Waals surface area contributed by atoms with Gasteiger partial charge in [0, 0.05) is 18.6 Å². The molecule has 0 atom stereocenters. The topological polar surface area (TPSA) is 51.5 Å². The highest BCUT2D eigenvalue weighted by atomic mass is 14.9. The van der Waals surface area contributed by atoms with Crippen molar-refractivity contribution in [3.8, 4) is 11.9 Å². The molecule has 1 aromatic heterocycles. The zero-order chi connectivity index (χ0) is 14.6. The fraction of sp³-hybridized carbons (Fsp3) is 0.533. The molecule has 0 saturated heterocycles. The van der Waals surface area contributed by atoms with Crippen LogP contribution in [0.3, 0.4) is 0 Å². The highest BCUT2D eigenvalue weighted by Gasteiger charge is 2.18. The normalized spacial score (nSPS) is 9.74. The lowest BCUT2D eigenvalue weighted by molar-refractivity contribution is -0.697. The maximum Gasteiger partial charge on any atom is 0.205 e. The number of pyridine rings is 1. The average molecular weight is 257 g/mol. The molecule has 1 heterocycles. The van der Waals surface area contributed by atoms with Crippen LogP contribution >= 0.6 is 0 Å². The van der Waals surface area contributed by atoms with Crippen LogP contribution in [0.5, 0.6) is 0 Å². The van der Waals surface area contributed by atoms with E-state index in [1.165, 1.54) is 12.8 Å². The van der Waals surface area contributed by atoms with Crippen molar-refractivity contribution in [1.82, 2.24) is 0 Å². The van der Waals surface area contributed by atoms with Crippen molar-refractivity contribution in [1.29, 1.82) is 10.5 Å². The van der Waals surface area contributed by atoms with E-state index in [2.05, 4.69) is 48.0 Å². The molecule has 0 radical (unpaired) electrons. The highest BCUT2D eigenvalue weighted by Crippen LogP contribution is 2.11. The van der Waals surface area contributed by atoms with Gasteiger partial charge < -0.3 is 0 Å². The smallest absolute Gasteiger partial charge is 0.205 e. The third kappa shape index (κ3) is 6.62. The van der Waals surface area contributed by atoms with E-state index in [4.69, 9.17) is 10.5 Å². The van der Waals surface area contributed by atoms with Gasteiger partial charge in [-0.1, -0.05) is 33.3 Å². The van der Waals surface area contributed by atoms with Gasteiger partial charge in [-0.15, -0.1) is 11.9 Å². The van der Waals surface area contributed by atoms with E-state index in [1.807, 2.05) is 19.9 Å². The molecule has 1 rings (SSSR count). The van der Waals surface area contributed by atoms with Crippen LogP contribution in [0.4, 0.5) is 0 Å². The second kappa shape index (κ2) is 10.1. The Morgan fingerprint density at radius 1 is 0.947 bits per heavy atom. The summed E-state index contributed by atoms with van der Waals surface area (Å²) in [5.41, 5.74) is 0. The molecule has 4 heteroatoms. The molecule has 0 aromatic carbocycles. The molecule has 0 bridgehead atoms. The van der Waals surface area contributed by atoms with Crippen molar-refractivity contribution in [2.45, 2.75) is 52.8 Å². The van der Waals surface area contributed by atoms with Gasteiger partial charge >= 0.3 is 0 Å². The van der Waals surface area contributed by atoms with Gasteiger partial charge in [-0.3, -0.25) is 0 Å². The van der Waals surface area contributed by atoms with Crippen molar-refractivity contribution in [2.24, 2.45) is 0 Å². The first-order chi connectivity index (χ1) is 9.17. The summed E-state index contributed by atoms with van der Waals surface area (Å²) in [7, 11) is 0. The van der Waals surface area contributed by atoms with E-state index in [-0.39, 0.29) is 0 Å². The minimum atomic E-state index is -1.33. The van der Waals surface area contributed by atoms with Gasteiger partial charge in [0.15, 0.2) is 12.4 Å². The third-order valence-electron chi connectivity index (χ3n) is 3.44. The molecule has 0 aliphatic rings. The minimum Gasteiger partial charge on any atom is -0.248 e. The van der Waals surface area contributed by atoms with E-state index in [0.717, 1.165) is 6.54 Å². The van der Waals surface area contributed by atoms with Crippen molar-refractivity contribution >= 4 is 6.15 Å². The van der Waals surface area contributed by atoms with E-state index in [0.29, 0.717) is 12.6 Å². The largest absolute Gasteiger partial charge is 0.248 e. The monoisotopic (exact) mass is 257 g/mol. The Hall–Kier alpha value is -1.81. The van der Waals surface area contributed by atoms with E-state index in [9.17, 15) is 0 Å². The van der Waals surface area contributed by atoms with Crippen LogP contribution in [0, 0.1) is 22.5 Å². The SMILES string of the molecule is CCCC[n+]1ccccc1.CC[B-](C#N)(C#N)CC. The molecule has 0 N–H and O–H groups in total. The third-order valence-corrected chi connectivity index (χ3v) is 3.44. The number of nitriles is 2. The molecule has 0 fully saturated rings. The number of unbranched alkanes of at least 4 members (excludes halogenated alkanes) is 1. The summed E-state index contributed by atoms with van der Waals surface area (Å²) in [6.45, 7) is 7.13. The second-order valence-corrected chi connectivity index (χ2v) is 4.79. The van der Waals surface area contributed by atoms with Crippen LogP contribution < -0.4 is 4.57 Å². The molecule has 3 nitrogen and oxygen atoms in total. The molecule has 1 aromatic rings. The standard InChI is InChI=1S/C9H14N.C6H10BN2/c1-2-3-7-10-8-5-4-6-9-10;1-3-7(4-2,5-8)6-9/h4-6,8-9H,2-3,7H2,1H3;3-4H2,1-2H3/q+1;-1. The predicted octanol–water partition coefficient (Wildman–Crippen LogP) is 3.37. The van der Waals surface area contributed by atoms with Crippen LogP contribution in [-0.2, 0) is 6.54 Å². The fourth-order valence-corrected chi connectivity index (χ4v) is 1.61. The van der Waals surface area contributed by atoms with Crippen molar-refractivity contribution in [3.63, 3.8) is 0 Å². The number of hydrogen-bond acceptors (Lipinski definition) is 2. The average Bonchev–Trinajstić information content (AvgIpc) is 2.50. The number of aryl methyl sites for hydroxylation is 1. The summed E-state index contributed by atoms with van der Waals surface area (Å²) < 4.78 is 2.21. The van der Waals surface area contributed by atoms with Gasteiger partial charge in [0.05, 0.1) is 0 Å². The molecule has 0 unspecified atom stereocenters. The van der Waals surface area contributed by atoms with E-state index >= 15 is 0 Å². The quantitative estimate of drug-likeness (QED) is 0.599. The van der Waals surface area contributed by atoms with Crippen LogP contribution in [-0.4, -0.2) is 6.15 Å². The van der Waals surface area contributed by atoms with Crippen molar-refractivity contribution in [2.75, 3.05) is 0 Å². The lowest BCUT2D eigenvalue weighted by Gasteiger charge is -2.17. The fourth-order valence-electron chi connectivity index (χ4n) is 1.61. The first-order valence-corrected chi connectivity index (χ1v) is 7.13. The Morgan fingerprint density at radius 2 is 1.47 bits per heavy atom. The Bertz CT molecular complexity index is 397. The maximum absolute atomic E-state index is 8.53. The lowest BCUT2D eigenvalue weighted by atomic mass is 9.24. The molecule has 19 heavy (non-hydrogen) atoms. The summed E-state index contributed by atoms with van der Waals surface area (Å²) >= 11 is 0. The Kier molecular flexibility index (Phi) is 9.18. The van der Waals surface area contributed by atoms with Gasteiger partial charge in [0.2, 0.25) is 6.15 Å². The maximum atomic E-state index is 8.53. The van der Waals surface area contributed by atoms with Crippen molar-refractivity contribution in [3.05, 3.63) is 30.6 Å². The van der Waals surface area contributed by atoms with Gasteiger partial charge in [-0.25, -0.2) is 15.1 Å². The molecule has 0 saturated carbocycles. The van der Waals surface area contributed by atoms with Crippen LogP contribution in [0.15, 0.2) is 30.6 Å². The molecule has 0 aliphatic carbocycles. The molecular formula is C15H24BN3. The van der Waals surface area contributed by atoms with Gasteiger partial charge in [0.1, 0.15) is 6.54 Å².